The summed E-state index contributed by atoms with van der Waals surface area (Å²) in [6.07, 6.45) is 8.03. The van der Waals surface area contributed by atoms with E-state index in [2.05, 4.69) is 63.2 Å². The van der Waals surface area contributed by atoms with Gasteiger partial charge in [-0.2, -0.15) is 0 Å². The first-order chi connectivity index (χ1) is 7.83. The van der Waals surface area contributed by atoms with Gasteiger partial charge in [-0.1, -0.05) is 57.8 Å². The van der Waals surface area contributed by atoms with E-state index in [1.165, 1.54) is 5.57 Å². The van der Waals surface area contributed by atoms with Crippen LogP contribution in [0.25, 0.3) is 0 Å². The van der Waals surface area contributed by atoms with Gasteiger partial charge in [-0.25, -0.2) is 0 Å². The Morgan fingerprint density at radius 1 is 1.24 bits per heavy atom. The summed E-state index contributed by atoms with van der Waals surface area (Å²) in [7, 11) is -1.23. The van der Waals surface area contributed by atoms with Crippen LogP contribution in [0.15, 0.2) is 35.2 Å². The Labute approximate surface area is 110 Å². The molecule has 0 bridgehead atoms. The van der Waals surface area contributed by atoms with Gasteiger partial charge in [-0.05, 0) is 22.6 Å². The van der Waals surface area contributed by atoms with Gasteiger partial charge in [0.2, 0.25) is 0 Å². The summed E-state index contributed by atoms with van der Waals surface area (Å²) < 4.78 is 0. The molecule has 2 heteroatoms. The van der Waals surface area contributed by atoms with E-state index < -0.39 is 8.07 Å². The number of allylic oxidation sites excluding steroid dienone is 4. The summed E-state index contributed by atoms with van der Waals surface area (Å²) in [5, 5.41) is 3.90. The van der Waals surface area contributed by atoms with Crippen LogP contribution in [0.2, 0.25) is 19.6 Å². The van der Waals surface area contributed by atoms with E-state index in [1.54, 1.807) is 10.1 Å². The van der Waals surface area contributed by atoms with Gasteiger partial charge in [0, 0.05) is 10.3 Å². The first-order valence-corrected chi connectivity index (χ1v) is 10.7. The van der Waals surface area contributed by atoms with Crippen molar-refractivity contribution in [2.75, 3.05) is 0 Å². The lowest BCUT2D eigenvalue weighted by Crippen LogP contribution is -2.42. The van der Waals surface area contributed by atoms with E-state index in [-0.39, 0.29) is 5.41 Å². The zero-order chi connectivity index (χ0) is 12.7. The van der Waals surface area contributed by atoms with Gasteiger partial charge in [0.05, 0.1) is 8.07 Å². The fourth-order valence-corrected chi connectivity index (χ4v) is 6.18. The number of thiophene rings is 1. The number of rotatable bonds is 3. The van der Waals surface area contributed by atoms with Gasteiger partial charge in [0.15, 0.2) is 0 Å². The molecule has 0 fully saturated rings. The largest absolute Gasteiger partial charge is 0.148 e. The standard InChI is InChI=1S/C15H22SSi/c1-15(2,12-8-6-7-9-12)14-13(10-11-16-14)17(3,4)5/h6,8-11H,7H2,1-5H3. The van der Waals surface area contributed by atoms with Crippen LogP contribution in [-0.2, 0) is 5.41 Å². The van der Waals surface area contributed by atoms with E-state index in [9.17, 15) is 0 Å². The Morgan fingerprint density at radius 3 is 2.47 bits per heavy atom. The summed E-state index contributed by atoms with van der Waals surface area (Å²) in [5.41, 5.74) is 1.66. The second-order valence-electron chi connectivity index (χ2n) is 6.34. The summed E-state index contributed by atoms with van der Waals surface area (Å²) in [6.45, 7) is 12.0. The predicted molar refractivity (Wildman–Crippen MR) is 82.2 cm³/mol. The van der Waals surface area contributed by atoms with E-state index in [4.69, 9.17) is 0 Å². The van der Waals surface area contributed by atoms with Crippen molar-refractivity contribution in [2.24, 2.45) is 0 Å². The molecule has 0 N–H and O–H groups in total. The molecule has 92 valence electrons. The monoisotopic (exact) mass is 262 g/mol. The molecule has 0 spiro atoms. The molecular formula is C15H22SSi. The lowest BCUT2D eigenvalue weighted by Gasteiger charge is -2.29. The van der Waals surface area contributed by atoms with Crippen molar-refractivity contribution < 1.29 is 0 Å². The maximum absolute atomic E-state index is 2.44. The van der Waals surface area contributed by atoms with Crippen LogP contribution in [0.5, 0.6) is 0 Å². The molecule has 1 aromatic rings. The molecule has 0 atom stereocenters. The zero-order valence-corrected chi connectivity index (χ0v) is 13.3. The smallest absolute Gasteiger partial charge is 0.0790 e. The quantitative estimate of drug-likeness (QED) is 0.706. The van der Waals surface area contributed by atoms with Crippen molar-refractivity contribution in [1.82, 2.24) is 0 Å². The lowest BCUT2D eigenvalue weighted by atomic mass is 9.83. The average Bonchev–Trinajstić information content (AvgIpc) is 2.89. The van der Waals surface area contributed by atoms with Gasteiger partial charge < -0.3 is 0 Å². The van der Waals surface area contributed by atoms with E-state index in [0.717, 1.165) is 6.42 Å². The molecule has 0 saturated heterocycles. The molecule has 0 radical (unpaired) electrons. The highest BCUT2D eigenvalue weighted by molar-refractivity contribution is 7.12. The summed E-state index contributed by atoms with van der Waals surface area (Å²) in [4.78, 5) is 1.58. The molecule has 0 nitrogen and oxygen atoms in total. The lowest BCUT2D eigenvalue weighted by molar-refractivity contribution is 0.658. The Kier molecular flexibility index (Phi) is 3.21. The summed E-state index contributed by atoms with van der Waals surface area (Å²) in [5.74, 6) is 0. The zero-order valence-electron chi connectivity index (χ0n) is 11.5. The Hall–Kier alpha value is -0.603. The topological polar surface area (TPSA) is 0 Å². The molecule has 0 aliphatic heterocycles. The normalized spacial score (nSPS) is 16.4. The van der Waals surface area contributed by atoms with Crippen molar-refractivity contribution in [3.63, 3.8) is 0 Å². The molecule has 0 unspecified atom stereocenters. The van der Waals surface area contributed by atoms with Gasteiger partial charge in [0.25, 0.3) is 0 Å². The maximum atomic E-state index is 2.44. The molecule has 1 aromatic heterocycles. The fraction of sp³-hybridized carbons (Fsp3) is 0.467. The van der Waals surface area contributed by atoms with Gasteiger partial charge in [0.1, 0.15) is 0 Å². The minimum Gasteiger partial charge on any atom is -0.148 e. The Balaban J connectivity index is 2.47. The van der Waals surface area contributed by atoms with E-state index >= 15 is 0 Å². The third-order valence-electron chi connectivity index (χ3n) is 3.53. The SMILES string of the molecule is CC(C)(C1=CCC=C1)c1sccc1[Si](C)(C)C. The molecule has 1 aliphatic rings. The second-order valence-corrected chi connectivity index (χ2v) is 12.3. The maximum Gasteiger partial charge on any atom is 0.0790 e. The van der Waals surface area contributed by atoms with Crippen LogP contribution in [0.3, 0.4) is 0 Å². The Morgan fingerprint density at radius 2 is 1.94 bits per heavy atom. The highest BCUT2D eigenvalue weighted by atomic mass is 32.1. The van der Waals surface area contributed by atoms with Crippen molar-refractivity contribution >= 4 is 24.6 Å². The molecule has 2 rings (SSSR count). The fourth-order valence-electron chi connectivity index (χ4n) is 2.44. The minimum absolute atomic E-state index is 0.177. The van der Waals surface area contributed by atoms with Crippen LogP contribution in [0, 0.1) is 0 Å². The Bertz CT molecular complexity index is 469. The van der Waals surface area contributed by atoms with E-state index in [1.807, 2.05) is 11.3 Å². The molecule has 1 heterocycles. The number of hydrogen-bond acceptors (Lipinski definition) is 1. The third kappa shape index (κ3) is 2.34. The van der Waals surface area contributed by atoms with Crippen LogP contribution >= 0.6 is 11.3 Å². The van der Waals surface area contributed by atoms with Crippen LogP contribution in [0.4, 0.5) is 0 Å². The summed E-state index contributed by atoms with van der Waals surface area (Å²) in [6, 6.07) is 2.35. The van der Waals surface area contributed by atoms with Crippen LogP contribution in [0.1, 0.15) is 25.1 Å². The highest BCUT2D eigenvalue weighted by Crippen LogP contribution is 2.37. The van der Waals surface area contributed by atoms with Gasteiger partial charge in [-0.3, -0.25) is 0 Å². The first-order valence-electron chi connectivity index (χ1n) is 6.29. The van der Waals surface area contributed by atoms with Crippen molar-refractivity contribution in [2.45, 2.75) is 45.3 Å². The van der Waals surface area contributed by atoms with Crippen molar-refractivity contribution in [3.05, 3.63) is 40.1 Å². The average molecular weight is 262 g/mol. The number of hydrogen-bond donors (Lipinski definition) is 0. The first kappa shape index (κ1) is 12.8. The predicted octanol–water partition coefficient (Wildman–Crippen LogP) is 4.46. The van der Waals surface area contributed by atoms with Crippen molar-refractivity contribution in [1.29, 1.82) is 0 Å². The highest BCUT2D eigenvalue weighted by Gasteiger charge is 2.32. The molecule has 0 saturated carbocycles. The third-order valence-corrected chi connectivity index (χ3v) is 6.99. The molecule has 17 heavy (non-hydrogen) atoms. The molecule has 0 aromatic carbocycles. The summed E-state index contributed by atoms with van der Waals surface area (Å²) >= 11 is 1.93. The van der Waals surface area contributed by atoms with Crippen LogP contribution in [-0.4, -0.2) is 8.07 Å². The van der Waals surface area contributed by atoms with Gasteiger partial charge >= 0.3 is 0 Å². The molecule has 0 amide bonds. The minimum atomic E-state index is -1.23. The second kappa shape index (κ2) is 4.25. The van der Waals surface area contributed by atoms with Gasteiger partial charge in [-0.15, -0.1) is 11.3 Å². The van der Waals surface area contributed by atoms with E-state index in [0.29, 0.717) is 0 Å². The van der Waals surface area contributed by atoms with Crippen molar-refractivity contribution in [3.8, 4) is 0 Å². The molecular weight excluding hydrogens is 240 g/mol. The molecule has 1 aliphatic carbocycles. The van der Waals surface area contributed by atoms with Crippen LogP contribution < -0.4 is 5.19 Å².